The van der Waals surface area contributed by atoms with E-state index in [4.69, 9.17) is 0 Å². The largest absolute Gasteiger partial charge is 0.423 e. The van der Waals surface area contributed by atoms with Crippen molar-refractivity contribution in [2.24, 2.45) is 0 Å². The number of nitro benzene ring substituents is 1. The summed E-state index contributed by atoms with van der Waals surface area (Å²) in [5.74, 6) is 0. The minimum Gasteiger partial charge on any atom is -0.258 e. The third kappa shape index (κ3) is 2.26. The van der Waals surface area contributed by atoms with Crippen molar-refractivity contribution in [3.8, 4) is 0 Å². The second-order valence-electron chi connectivity index (χ2n) is 2.92. The van der Waals surface area contributed by atoms with E-state index in [1.54, 1.807) is 6.92 Å². The van der Waals surface area contributed by atoms with Crippen LogP contribution in [0.3, 0.4) is 0 Å². The van der Waals surface area contributed by atoms with Gasteiger partial charge < -0.3 is 0 Å². The van der Waals surface area contributed by atoms with Crippen LogP contribution in [0.15, 0.2) is 18.2 Å². The number of para-hydroxylation sites is 1. The molecule has 0 heterocycles. The normalized spacial score (nSPS) is 11.5. The van der Waals surface area contributed by atoms with E-state index in [1.807, 2.05) is 0 Å². The molecule has 0 amide bonds. The summed E-state index contributed by atoms with van der Waals surface area (Å²) < 4.78 is 37.3. The monoisotopic (exact) mass is 219 g/mol. The number of hydrogen-bond donors (Lipinski definition) is 0. The zero-order valence-corrected chi connectivity index (χ0v) is 7.84. The van der Waals surface area contributed by atoms with Crippen LogP contribution in [0, 0.1) is 10.1 Å². The van der Waals surface area contributed by atoms with Crippen LogP contribution in [0.25, 0.3) is 0 Å². The van der Waals surface area contributed by atoms with Gasteiger partial charge in [-0.1, -0.05) is 19.1 Å². The third-order valence-electron chi connectivity index (χ3n) is 1.99. The highest BCUT2D eigenvalue weighted by Gasteiger charge is 2.39. The van der Waals surface area contributed by atoms with Crippen molar-refractivity contribution in [1.29, 1.82) is 0 Å². The molecular weight excluding hydrogens is 211 g/mol. The highest BCUT2D eigenvalue weighted by Crippen LogP contribution is 2.37. The van der Waals surface area contributed by atoms with Gasteiger partial charge in [-0.2, -0.15) is 13.2 Å². The van der Waals surface area contributed by atoms with E-state index in [9.17, 15) is 23.3 Å². The summed E-state index contributed by atoms with van der Waals surface area (Å²) >= 11 is 0. The van der Waals surface area contributed by atoms with E-state index in [-0.39, 0.29) is 12.0 Å². The van der Waals surface area contributed by atoms with E-state index in [0.29, 0.717) is 0 Å². The summed E-state index contributed by atoms with van der Waals surface area (Å²) in [5, 5.41) is 10.6. The molecule has 0 radical (unpaired) electrons. The molecule has 1 aromatic carbocycles. The number of rotatable bonds is 2. The summed E-state index contributed by atoms with van der Waals surface area (Å²) in [7, 11) is 0. The molecule has 0 spiro atoms. The smallest absolute Gasteiger partial charge is 0.258 e. The second-order valence-corrected chi connectivity index (χ2v) is 2.92. The molecular formula is C9H8F3NO2. The number of halogens is 3. The van der Waals surface area contributed by atoms with Gasteiger partial charge in [-0.25, -0.2) is 0 Å². The molecule has 0 atom stereocenters. The van der Waals surface area contributed by atoms with Gasteiger partial charge in [0.2, 0.25) is 0 Å². The number of aryl methyl sites for hydroxylation is 1. The van der Waals surface area contributed by atoms with Crippen molar-refractivity contribution in [3.05, 3.63) is 39.4 Å². The Morgan fingerprint density at radius 2 is 2.00 bits per heavy atom. The zero-order valence-electron chi connectivity index (χ0n) is 7.84. The van der Waals surface area contributed by atoms with Crippen LogP contribution < -0.4 is 0 Å². The molecule has 0 aromatic heterocycles. The van der Waals surface area contributed by atoms with E-state index in [1.165, 1.54) is 12.1 Å². The predicted octanol–water partition coefficient (Wildman–Crippen LogP) is 3.18. The molecule has 82 valence electrons. The Labute approximate surface area is 83.7 Å². The van der Waals surface area contributed by atoms with Crippen molar-refractivity contribution in [1.82, 2.24) is 0 Å². The van der Waals surface area contributed by atoms with Gasteiger partial charge in [0.1, 0.15) is 5.56 Å². The van der Waals surface area contributed by atoms with Crippen molar-refractivity contribution in [2.75, 3.05) is 0 Å². The van der Waals surface area contributed by atoms with Gasteiger partial charge >= 0.3 is 6.18 Å². The fraction of sp³-hybridized carbons (Fsp3) is 0.333. The van der Waals surface area contributed by atoms with Gasteiger partial charge in [0.15, 0.2) is 0 Å². The maximum absolute atomic E-state index is 12.4. The summed E-state index contributed by atoms with van der Waals surface area (Å²) in [6, 6.07) is 3.22. The maximum Gasteiger partial charge on any atom is 0.423 e. The number of hydrogen-bond acceptors (Lipinski definition) is 2. The van der Waals surface area contributed by atoms with Crippen LogP contribution >= 0.6 is 0 Å². The summed E-state index contributed by atoms with van der Waals surface area (Å²) in [6.45, 7) is 1.57. The number of benzene rings is 1. The van der Waals surface area contributed by atoms with Crippen LogP contribution in [-0.2, 0) is 12.6 Å². The number of nitro groups is 1. The maximum atomic E-state index is 12.4. The van der Waals surface area contributed by atoms with Crippen molar-refractivity contribution in [3.63, 3.8) is 0 Å². The van der Waals surface area contributed by atoms with Crippen molar-refractivity contribution < 1.29 is 18.1 Å². The quantitative estimate of drug-likeness (QED) is 0.566. The van der Waals surface area contributed by atoms with Crippen molar-refractivity contribution >= 4 is 5.69 Å². The molecule has 0 fully saturated rings. The SMILES string of the molecule is CCc1cccc(C(F)(F)F)c1[N+](=O)[O-]. The Morgan fingerprint density at radius 3 is 2.40 bits per heavy atom. The van der Waals surface area contributed by atoms with E-state index in [0.717, 1.165) is 6.07 Å². The molecule has 0 aliphatic rings. The van der Waals surface area contributed by atoms with E-state index < -0.39 is 22.4 Å². The first kappa shape index (κ1) is 11.5. The summed E-state index contributed by atoms with van der Waals surface area (Å²) in [4.78, 5) is 9.57. The summed E-state index contributed by atoms with van der Waals surface area (Å²) in [6.07, 6.45) is -4.49. The standard InChI is InChI=1S/C9H8F3NO2/c1-2-6-4-3-5-7(9(10,11)12)8(6)13(14)15/h3-5H,2H2,1H3. The lowest BCUT2D eigenvalue weighted by molar-refractivity contribution is -0.388. The molecule has 0 aliphatic carbocycles. The molecule has 0 saturated heterocycles. The van der Waals surface area contributed by atoms with Crippen LogP contribution in [-0.4, -0.2) is 4.92 Å². The Hall–Kier alpha value is -1.59. The van der Waals surface area contributed by atoms with Gasteiger partial charge in [-0.15, -0.1) is 0 Å². The number of nitrogens with zero attached hydrogens (tertiary/aromatic N) is 1. The van der Waals surface area contributed by atoms with Crippen LogP contribution in [0.5, 0.6) is 0 Å². The minimum absolute atomic E-state index is 0.0924. The van der Waals surface area contributed by atoms with Gasteiger partial charge in [-0.05, 0) is 12.5 Å². The molecule has 1 rings (SSSR count). The Balaban J connectivity index is 3.46. The Kier molecular flexibility index (Phi) is 2.97. The third-order valence-corrected chi connectivity index (χ3v) is 1.99. The molecule has 15 heavy (non-hydrogen) atoms. The van der Waals surface area contributed by atoms with Crippen LogP contribution in [0.4, 0.5) is 18.9 Å². The predicted molar refractivity (Wildman–Crippen MR) is 47.5 cm³/mol. The van der Waals surface area contributed by atoms with Gasteiger partial charge in [-0.3, -0.25) is 10.1 Å². The van der Waals surface area contributed by atoms with Crippen LogP contribution in [0.1, 0.15) is 18.1 Å². The average molecular weight is 219 g/mol. The molecule has 3 nitrogen and oxygen atoms in total. The lowest BCUT2D eigenvalue weighted by Gasteiger charge is -2.09. The highest BCUT2D eigenvalue weighted by molar-refractivity contribution is 5.49. The minimum atomic E-state index is -4.69. The molecule has 0 N–H and O–H groups in total. The zero-order chi connectivity index (χ0) is 11.6. The first-order valence-electron chi connectivity index (χ1n) is 4.21. The van der Waals surface area contributed by atoms with Crippen LogP contribution in [0.2, 0.25) is 0 Å². The first-order valence-corrected chi connectivity index (χ1v) is 4.21. The lowest BCUT2D eigenvalue weighted by Crippen LogP contribution is -2.10. The fourth-order valence-electron chi connectivity index (χ4n) is 1.32. The van der Waals surface area contributed by atoms with Gasteiger partial charge in [0.05, 0.1) is 4.92 Å². The van der Waals surface area contributed by atoms with Gasteiger partial charge in [0, 0.05) is 5.56 Å². The van der Waals surface area contributed by atoms with Gasteiger partial charge in [0.25, 0.3) is 5.69 Å². The second kappa shape index (κ2) is 3.88. The fourth-order valence-corrected chi connectivity index (χ4v) is 1.32. The molecule has 0 unspecified atom stereocenters. The average Bonchev–Trinajstić information content (AvgIpc) is 2.15. The van der Waals surface area contributed by atoms with Crippen molar-refractivity contribution in [2.45, 2.75) is 19.5 Å². The van der Waals surface area contributed by atoms with E-state index in [2.05, 4.69) is 0 Å². The first-order chi connectivity index (χ1) is 6.88. The molecule has 0 aliphatic heterocycles. The summed E-state index contributed by atoms with van der Waals surface area (Å²) in [5.41, 5.74) is -1.94. The molecule has 0 bridgehead atoms. The highest BCUT2D eigenvalue weighted by atomic mass is 19.4. The molecule has 0 saturated carbocycles. The Morgan fingerprint density at radius 1 is 1.40 bits per heavy atom. The molecule has 1 aromatic rings. The lowest BCUT2D eigenvalue weighted by atomic mass is 10.1. The van der Waals surface area contributed by atoms with E-state index >= 15 is 0 Å². The Bertz CT molecular complexity index is 387. The molecule has 6 heteroatoms. The number of alkyl halides is 3. The topological polar surface area (TPSA) is 43.1 Å².